The van der Waals surface area contributed by atoms with E-state index in [1.807, 2.05) is 0 Å². The van der Waals surface area contributed by atoms with Crippen LogP contribution in [0.25, 0.3) is 0 Å². The Labute approximate surface area is 90.8 Å². The van der Waals surface area contributed by atoms with Crippen LogP contribution in [-0.2, 0) is 4.79 Å². The number of aromatic nitrogens is 2. The number of aliphatic carboxylic acids is 1. The summed E-state index contributed by atoms with van der Waals surface area (Å²) in [6.07, 6.45) is 0.330. The number of carbonyl (C=O) groups is 2. The van der Waals surface area contributed by atoms with Crippen molar-refractivity contribution in [2.75, 3.05) is 5.73 Å². The number of hydrogen-bond acceptors (Lipinski definition) is 6. The van der Waals surface area contributed by atoms with Crippen LogP contribution in [0.4, 0.5) is 5.82 Å². The van der Waals surface area contributed by atoms with Gasteiger partial charge in [-0.2, -0.15) is 0 Å². The van der Waals surface area contributed by atoms with Crippen molar-refractivity contribution < 1.29 is 19.3 Å². The van der Waals surface area contributed by atoms with E-state index in [1.165, 1.54) is 0 Å². The van der Waals surface area contributed by atoms with Crippen LogP contribution in [0.5, 0.6) is 0 Å². The highest BCUT2D eigenvalue weighted by molar-refractivity contribution is 5.96. The minimum Gasteiger partial charge on any atom is -0.481 e. The van der Waals surface area contributed by atoms with Crippen molar-refractivity contribution in [3.63, 3.8) is 0 Å². The maximum Gasteiger partial charge on any atom is 0.305 e. The first-order chi connectivity index (χ1) is 7.54. The van der Waals surface area contributed by atoms with Crippen LogP contribution in [0.3, 0.4) is 0 Å². The van der Waals surface area contributed by atoms with Crippen LogP contribution in [0.1, 0.15) is 30.3 Å². The fourth-order valence-corrected chi connectivity index (χ4v) is 1.11. The molecule has 1 aromatic rings. The van der Waals surface area contributed by atoms with Crippen molar-refractivity contribution in [1.29, 1.82) is 0 Å². The second kappa shape index (κ2) is 5.10. The topological polar surface area (TPSA) is 131 Å². The smallest absolute Gasteiger partial charge is 0.305 e. The molecule has 1 amide bonds. The molecule has 0 radical (unpaired) electrons. The first-order valence-electron chi connectivity index (χ1n) is 4.65. The van der Waals surface area contributed by atoms with E-state index in [1.54, 1.807) is 6.92 Å². The number of anilines is 1. The number of nitrogens with one attached hydrogen (secondary N) is 1. The summed E-state index contributed by atoms with van der Waals surface area (Å²) in [5.41, 5.74) is 5.18. The molecule has 4 N–H and O–H groups in total. The Morgan fingerprint density at radius 1 is 1.56 bits per heavy atom. The van der Waals surface area contributed by atoms with Crippen molar-refractivity contribution in [3.05, 3.63) is 5.69 Å². The van der Waals surface area contributed by atoms with Crippen molar-refractivity contribution in [2.45, 2.75) is 25.8 Å². The third-order valence-corrected chi connectivity index (χ3v) is 1.98. The lowest BCUT2D eigenvalue weighted by Crippen LogP contribution is -2.36. The predicted molar refractivity (Wildman–Crippen MR) is 52.5 cm³/mol. The summed E-state index contributed by atoms with van der Waals surface area (Å²) in [5.74, 6) is -1.70. The van der Waals surface area contributed by atoms with E-state index in [0.29, 0.717) is 6.42 Å². The van der Waals surface area contributed by atoms with Crippen LogP contribution in [0.2, 0.25) is 0 Å². The lowest BCUT2D eigenvalue weighted by molar-refractivity contribution is -0.137. The van der Waals surface area contributed by atoms with Gasteiger partial charge >= 0.3 is 5.97 Å². The molecular formula is C8H12N4O4. The zero-order chi connectivity index (χ0) is 12.1. The molecule has 0 spiro atoms. The number of nitrogens with two attached hydrogens (primary N) is 1. The van der Waals surface area contributed by atoms with Crippen molar-refractivity contribution >= 4 is 17.7 Å². The molecule has 0 aliphatic carbocycles. The van der Waals surface area contributed by atoms with Crippen LogP contribution < -0.4 is 11.1 Å². The Kier molecular flexibility index (Phi) is 3.81. The summed E-state index contributed by atoms with van der Waals surface area (Å²) >= 11 is 0. The van der Waals surface area contributed by atoms with Gasteiger partial charge in [0, 0.05) is 6.04 Å². The number of amides is 1. The number of carboxylic acid groups (broad SMARTS) is 1. The van der Waals surface area contributed by atoms with E-state index in [-0.39, 0.29) is 17.9 Å². The number of hydrogen-bond donors (Lipinski definition) is 3. The van der Waals surface area contributed by atoms with Crippen molar-refractivity contribution in [3.8, 4) is 0 Å². The minimum atomic E-state index is -0.988. The Morgan fingerprint density at radius 2 is 2.25 bits per heavy atom. The summed E-state index contributed by atoms with van der Waals surface area (Å²) in [7, 11) is 0. The third kappa shape index (κ3) is 2.94. The molecule has 0 saturated heterocycles. The summed E-state index contributed by atoms with van der Waals surface area (Å²) in [4.78, 5) is 22.0. The Morgan fingerprint density at radius 3 is 2.69 bits per heavy atom. The number of carbonyl (C=O) groups excluding carboxylic acids is 1. The molecule has 1 rings (SSSR count). The molecular weight excluding hydrogens is 216 g/mol. The number of nitrogens with zero attached hydrogens (tertiary/aromatic N) is 2. The van der Waals surface area contributed by atoms with E-state index in [9.17, 15) is 9.59 Å². The van der Waals surface area contributed by atoms with Gasteiger partial charge in [0.15, 0.2) is 0 Å². The minimum absolute atomic E-state index is 0.123. The lowest BCUT2D eigenvalue weighted by Gasteiger charge is -2.13. The molecule has 0 saturated carbocycles. The third-order valence-electron chi connectivity index (χ3n) is 1.98. The fraction of sp³-hybridized carbons (Fsp3) is 0.500. The van der Waals surface area contributed by atoms with E-state index in [0.717, 1.165) is 0 Å². The van der Waals surface area contributed by atoms with Gasteiger partial charge in [0.05, 0.1) is 6.42 Å². The van der Waals surface area contributed by atoms with Crippen LogP contribution >= 0.6 is 0 Å². The zero-order valence-corrected chi connectivity index (χ0v) is 8.64. The van der Waals surface area contributed by atoms with Gasteiger partial charge in [0.1, 0.15) is 0 Å². The second-order valence-electron chi connectivity index (χ2n) is 3.17. The molecule has 0 aromatic carbocycles. The average Bonchev–Trinajstić information content (AvgIpc) is 2.62. The predicted octanol–water partition coefficient (Wildman–Crippen LogP) is -0.365. The fourth-order valence-electron chi connectivity index (χ4n) is 1.11. The normalized spacial score (nSPS) is 12.1. The Balaban J connectivity index is 2.62. The molecule has 8 heteroatoms. The highest BCUT2D eigenvalue weighted by atomic mass is 16.6. The highest BCUT2D eigenvalue weighted by Crippen LogP contribution is 2.05. The molecule has 0 bridgehead atoms. The van der Waals surface area contributed by atoms with E-state index >= 15 is 0 Å². The summed E-state index contributed by atoms with van der Waals surface area (Å²) < 4.78 is 4.26. The average molecular weight is 228 g/mol. The van der Waals surface area contributed by atoms with Gasteiger partial charge in [-0.3, -0.25) is 9.59 Å². The monoisotopic (exact) mass is 228 g/mol. The van der Waals surface area contributed by atoms with Crippen LogP contribution in [0, 0.1) is 0 Å². The SMILES string of the molecule is CCC(CC(=O)O)NC(=O)c1nonc1N. The molecule has 0 aliphatic heterocycles. The summed E-state index contributed by atoms with van der Waals surface area (Å²) in [6.45, 7) is 1.76. The molecule has 0 fully saturated rings. The number of nitrogen functional groups attached to an aromatic ring is 1. The molecule has 1 heterocycles. The Bertz CT molecular complexity index is 389. The van der Waals surface area contributed by atoms with Gasteiger partial charge in [-0.1, -0.05) is 6.92 Å². The molecule has 1 unspecified atom stereocenters. The van der Waals surface area contributed by atoms with Gasteiger partial charge in [-0.05, 0) is 16.7 Å². The molecule has 1 aromatic heterocycles. The lowest BCUT2D eigenvalue weighted by atomic mass is 10.1. The van der Waals surface area contributed by atoms with Gasteiger partial charge in [-0.15, -0.1) is 0 Å². The maximum atomic E-state index is 11.5. The standard InChI is InChI=1S/C8H12N4O4/c1-2-4(3-5(13)14)10-8(15)6-7(9)12-16-11-6/h4H,2-3H2,1H3,(H2,9,12)(H,10,15)(H,13,14). The van der Waals surface area contributed by atoms with E-state index < -0.39 is 17.9 Å². The van der Waals surface area contributed by atoms with Crippen LogP contribution in [-0.4, -0.2) is 33.3 Å². The first kappa shape index (κ1) is 12.0. The van der Waals surface area contributed by atoms with Gasteiger partial charge < -0.3 is 16.2 Å². The molecule has 1 atom stereocenters. The van der Waals surface area contributed by atoms with E-state index in [2.05, 4.69) is 20.3 Å². The number of rotatable bonds is 5. The van der Waals surface area contributed by atoms with E-state index in [4.69, 9.17) is 10.8 Å². The zero-order valence-electron chi connectivity index (χ0n) is 8.64. The summed E-state index contributed by atoms with van der Waals surface area (Å²) in [6, 6.07) is -0.471. The quantitative estimate of drug-likeness (QED) is 0.626. The number of carboxylic acids is 1. The Hall–Kier alpha value is -2.12. The first-order valence-corrected chi connectivity index (χ1v) is 4.65. The second-order valence-corrected chi connectivity index (χ2v) is 3.17. The van der Waals surface area contributed by atoms with Gasteiger partial charge in [-0.25, -0.2) is 4.63 Å². The molecule has 16 heavy (non-hydrogen) atoms. The maximum absolute atomic E-state index is 11.5. The molecule has 88 valence electrons. The largest absolute Gasteiger partial charge is 0.481 e. The van der Waals surface area contributed by atoms with Crippen molar-refractivity contribution in [2.24, 2.45) is 0 Å². The summed E-state index contributed by atoms with van der Waals surface area (Å²) in [5, 5.41) is 17.6. The van der Waals surface area contributed by atoms with Gasteiger partial charge in [0.25, 0.3) is 5.91 Å². The highest BCUT2D eigenvalue weighted by Gasteiger charge is 2.20. The molecule has 0 aliphatic rings. The van der Waals surface area contributed by atoms with Crippen LogP contribution in [0.15, 0.2) is 4.63 Å². The van der Waals surface area contributed by atoms with Gasteiger partial charge in [0.2, 0.25) is 11.5 Å². The van der Waals surface area contributed by atoms with Crippen molar-refractivity contribution in [1.82, 2.24) is 15.6 Å². The molecule has 8 nitrogen and oxygen atoms in total.